The number of urea groups is 1. The van der Waals surface area contributed by atoms with Gasteiger partial charge in [0.1, 0.15) is 0 Å². The van der Waals surface area contributed by atoms with Gasteiger partial charge in [-0.1, -0.05) is 0 Å². The third kappa shape index (κ3) is 5.31. The van der Waals surface area contributed by atoms with Crippen LogP contribution in [0.4, 0.5) is 4.79 Å². The van der Waals surface area contributed by atoms with Gasteiger partial charge in [-0.2, -0.15) is 0 Å². The highest BCUT2D eigenvalue weighted by Gasteiger charge is 2.25. The Labute approximate surface area is 149 Å². The number of piperidine rings is 1. The third-order valence-electron chi connectivity index (χ3n) is 4.88. The van der Waals surface area contributed by atoms with Crippen molar-refractivity contribution in [3.63, 3.8) is 0 Å². The van der Waals surface area contributed by atoms with Gasteiger partial charge in [-0.15, -0.1) is 0 Å². The molecule has 2 fully saturated rings. The molecule has 3 heterocycles. The minimum Gasteiger partial charge on any atom is -0.481 e. The average Bonchev–Trinajstić information content (AvgIpc) is 2.67. The Hall–Kier alpha value is -1.86. The van der Waals surface area contributed by atoms with Crippen LogP contribution in [0.25, 0.3) is 0 Å². The predicted molar refractivity (Wildman–Crippen MR) is 94.6 cm³/mol. The summed E-state index contributed by atoms with van der Waals surface area (Å²) in [4.78, 5) is 21.0. The lowest BCUT2D eigenvalue weighted by Crippen LogP contribution is -2.48. The van der Waals surface area contributed by atoms with Crippen LogP contribution >= 0.6 is 0 Å². The average molecular weight is 348 g/mol. The quantitative estimate of drug-likeness (QED) is 0.870. The first kappa shape index (κ1) is 17.9. The molecular weight excluding hydrogens is 320 g/mol. The van der Waals surface area contributed by atoms with Gasteiger partial charge >= 0.3 is 6.03 Å². The van der Waals surface area contributed by atoms with Gasteiger partial charge in [0.2, 0.25) is 5.88 Å². The number of nitrogens with zero attached hydrogens (tertiary/aromatic N) is 3. The molecule has 2 amide bonds. The number of morpholine rings is 1. The molecule has 0 spiro atoms. The summed E-state index contributed by atoms with van der Waals surface area (Å²) in [7, 11) is 1.59. The van der Waals surface area contributed by atoms with Crippen LogP contribution in [0.3, 0.4) is 0 Å². The fourth-order valence-corrected chi connectivity index (χ4v) is 3.51. The number of methoxy groups -OCH3 is 1. The standard InChI is InChI=1S/C18H28N4O3/c1-24-17-11-15(4-5-19-17)12-20-18(23)22-6-2-3-16(14-22)13-21-7-9-25-10-8-21/h4-5,11,16H,2-3,6-10,12-14H2,1H3,(H,20,23). The van der Waals surface area contributed by atoms with E-state index in [9.17, 15) is 4.79 Å². The van der Waals surface area contributed by atoms with E-state index in [0.29, 0.717) is 18.3 Å². The molecule has 7 heteroatoms. The van der Waals surface area contributed by atoms with Gasteiger partial charge in [0, 0.05) is 51.5 Å². The van der Waals surface area contributed by atoms with Gasteiger partial charge in [-0.05, 0) is 30.4 Å². The van der Waals surface area contributed by atoms with E-state index in [4.69, 9.17) is 9.47 Å². The summed E-state index contributed by atoms with van der Waals surface area (Å²) in [6.07, 6.45) is 3.97. The van der Waals surface area contributed by atoms with Gasteiger partial charge in [0.25, 0.3) is 0 Å². The molecule has 1 aromatic rings. The summed E-state index contributed by atoms with van der Waals surface area (Å²) in [5.74, 6) is 1.12. The lowest BCUT2D eigenvalue weighted by atomic mass is 9.97. The van der Waals surface area contributed by atoms with E-state index in [1.54, 1.807) is 13.3 Å². The Morgan fingerprint density at radius 2 is 2.24 bits per heavy atom. The van der Waals surface area contributed by atoms with E-state index < -0.39 is 0 Å². The van der Waals surface area contributed by atoms with Crippen molar-refractivity contribution in [3.05, 3.63) is 23.9 Å². The summed E-state index contributed by atoms with van der Waals surface area (Å²) in [5.41, 5.74) is 0.988. The van der Waals surface area contributed by atoms with Gasteiger partial charge in [-0.25, -0.2) is 9.78 Å². The van der Waals surface area contributed by atoms with E-state index >= 15 is 0 Å². The zero-order valence-electron chi connectivity index (χ0n) is 14.9. The van der Waals surface area contributed by atoms with Gasteiger partial charge < -0.3 is 19.7 Å². The smallest absolute Gasteiger partial charge is 0.317 e. The molecule has 0 bridgehead atoms. The highest BCUT2D eigenvalue weighted by Crippen LogP contribution is 2.18. The van der Waals surface area contributed by atoms with Gasteiger partial charge in [0.15, 0.2) is 0 Å². The summed E-state index contributed by atoms with van der Waals surface area (Å²) < 4.78 is 10.5. The molecule has 0 aliphatic carbocycles. The maximum Gasteiger partial charge on any atom is 0.317 e. The predicted octanol–water partition coefficient (Wildman–Crippen LogP) is 1.34. The van der Waals surface area contributed by atoms with Crippen LogP contribution in [0.5, 0.6) is 5.88 Å². The maximum atomic E-state index is 12.5. The normalized spacial score (nSPS) is 21.8. The Bertz CT molecular complexity index is 563. The molecule has 0 aromatic carbocycles. The molecular formula is C18H28N4O3. The number of amides is 2. The Morgan fingerprint density at radius 1 is 1.40 bits per heavy atom. The molecule has 1 atom stereocenters. The highest BCUT2D eigenvalue weighted by molar-refractivity contribution is 5.74. The Balaban J connectivity index is 1.46. The van der Waals surface area contributed by atoms with Crippen LogP contribution < -0.4 is 10.1 Å². The van der Waals surface area contributed by atoms with Crippen LogP contribution in [0, 0.1) is 5.92 Å². The molecule has 0 saturated carbocycles. The molecule has 1 aromatic heterocycles. The number of hydrogen-bond donors (Lipinski definition) is 1. The molecule has 1 N–H and O–H groups in total. The fraction of sp³-hybridized carbons (Fsp3) is 0.667. The molecule has 7 nitrogen and oxygen atoms in total. The second kappa shape index (κ2) is 9.01. The summed E-state index contributed by atoms with van der Waals surface area (Å²) in [5, 5.41) is 3.01. The Morgan fingerprint density at radius 3 is 3.04 bits per heavy atom. The molecule has 2 aliphatic rings. The zero-order valence-corrected chi connectivity index (χ0v) is 14.9. The fourth-order valence-electron chi connectivity index (χ4n) is 3.51. The number of hydrogen-bond acceptors (Lipinski definition) is 5. The summed E-state index contributed by atoms with van der Waals surface area (Å²) in [6.45, 7) is 6.89. The monoisotopic (exact) mass is 348 g/mol. The summed E-state index contributed by atoms with van der Waals surface area (Å²) in [6, 6.07) is 3.75. The van der Waals surface area contributed by atoms with Crippen LogP contribution in [-0.4, -0.2) is 73.9 Å². The zero-order chi connectivity index (χ0) is 17.5. The summed E-state index contributed by atoms with van der Waals surface area (Å²) >= 11 is 0. The second-order valence-corrected chi connectivity index (χ2v) is 6.73. The first-order valence-electron chi connectivity index (χ1n) is 9.06. The number of nitrogens with one attached hydrogen (secondary N) is 1. The SMILES string of the molecule is COc1cc(CNC(=O)N2CCCC(CN3CCOCC3)C2)ccn1. The van der Waals surface area contributed by atoms with Gasteiger partial charge in [0.05, 0.1) is 20.3 Å². The topological polar surface area (TPSA) is 66.9 Å². The molecule has 3 rings (SSSR count). The van der Waals surface area contributed by atoms with Crippen molar-refractivity contribution >= 4 is 6.03 Å². The van der Waals surface area contributed by atoms with Crippen LogP contribution in [-0.2, 0) is 11.3 Å². The largest absolute Gasteiger partial charge is 0.481 e. The number of carbonyl (C=O) groups is 1. The lowest BCUT2D eigenvalue weighted by Gasteiger charge is -2.36. The van der Waals surface area contributed by atoms with Crippen molar-refractivity contribution in [2.75, 3.05) is 53.0 Å². The van der Waals surface area contributed by atoms with Crippen molar-refractivity contribution in [3.8, 4) is 5.88 Å². The van der Waals surface area contributed by atoms with E-state index in [1.165, 1.54) is 6.42 Å². The number of likely N-dealkylation sites (tertiary alicyclic amines) is 1. The lowest BCUT2D eigenvalue weighted by molar-refractivity contribution is 0.0249. The van der Waals surface area contributed by atoms with Crippen LogP contribution in [0.1, 0.15) is 18.4 Å². The highest BCUT2D eigenvalue weighted by atomic mass is 16.5. The minimum atomic E-state index is 0.0162. The molecule has 138 valence electrons. The van der Waals surface area contributed by atoms with Crippen molar-refractivity contribution in [1.29, 1.82) is 0 Å². The second-order valence-electron chi connectivity index (χ2n) is 6.73. The number of pyridine rings is 1. The van der Waals surface area contributed by atoms with E-state index in [-0.39, 0.29) is 6.03 Å². The first-order chi connectivity index (χ1) is 12.2. The van der Waals surface area contributed by atoms with Crippen molar-refractivity contribution < 1.29 is 14.3 Å². The third-order valence-corrected chi connectivity index (χ3v) is 4.88. The van der Waals surface area contributed by atoms with E-state index in [2.05, 4.69) is 15.2 Å². The molecule has 0 radical (unpaired) electrons. The Kier molecular flexibility index (Phi) is 6.47. The van der Waals surface area contributed by atoms with Crippen molar-refractivity contribution in [2.45, 2.75) is 19.4 Å². The van der Waals surface area contributed by atoms with Crippen molar-refractivity contribution in [1.82, 2.24) is 20.1 Å². The molecule has 2 saturated heterocycles. The number of rotatable bonds is 5. The molecule has 1 unspecified atom stereocenters. The van der Waals surface area contributed by atoms with E-state index in [0.717, 1.165) is 57.9 Å². The number of aromatic nitrogens is 1. The van der Waals surface area contributed by atoms with Crippen LogP contribution in [0.15, 0.2) is 18.3 Å². The maximum absolute atomic E-state index is 12.5. The van der Waals surface area contributed by atoms with Crippen molar-refractivity contribution in [2.24, 2.45) is 5.92 Å². The number of carbonyl (C=O) groups excluding carboxylic acids is 1. The minimum absolute atomic E-state index is 0.0162. The first-order valence-corrected chi connectivity index (χ1v) is 9.06. The van der Waals surface area contributed by atoms with Gasteiger partial charge in [-0.3, -0.25) is 4.90 Å². The van der Waals surface area contributed by atoms with E-state index in [1.807, 2.05) is 17.0 Å². The molecule has 2 aliphatic heterocycles. The van der Waals surface area contributed by atoms with Crippen LogP contribution in [0.2, 0.25) is 0 Å². The molecule has 25 heavy (non-hydrogen) atoms. The number of ether oxygens (including phenoxy) is 2.